The van der Waals surface area contributed by atoms with Crippen molar-refractivity contribution in [2.45, 2.75) is 19.0 Å². The van der Waals surface area contributed by atoms with Crippen molar-refractivity contribution in [3.8, 4) is 0 Å². The number of hydrogen-bond acceptors (Lipinski definition) is 5. The molecule has 0 aliphatic carbocycles. The maximum atomic E-state index is 12.4. The van der Waals surface area contributed by atoms with Gasteiger partial charge in [-0.2, -0.15) is 11.8 Å². The van der Waals surface area contributed by atoms with E-state index in [-0.39, 0.29) is 42.7 Å². The van der Waals surface area contributed by atoms with Crippen LogP contribution < -0.4 is 16.0 Å². The maximum Gasteiger partial charge on any atom is 0.254 e. The number of halogens is 1. The summed E-state index contributed by atoms with van der Waals surface area (Å²) < 4.78 is 0. The highest BCUT2D eigenvalue weighted by Gasteiger charge is 2.22. The van der Waals surface area contributed by atoms with Crippen molar-refractivity contribution in [1.82, 2.24) is 20.9 Å². The van der Waals surface area contributed by atoms with Crippen LogP contribution in [0.2, 0.25) is 0 Å². The van der Waals surface area contributed by atoms with Gasteiger partial charge >= 0.3 is 0 Å². The predicted molar refractivity (Wildman–Crippen MR) is 108 cm³/mol. The minimum absolute atomic E-state index is 0. The van der Waals surface area contributed by atoms with Crippen molar-refractivity contribution < 1.29 is 14.4 Å². The van der Waals surface area contributed by atoms with Crippen LogP contribution in [0.15, 0.2) is 24.3 Å². The van der Waals surface area contributed by atoms with E-state index in [9.17, 15) is 14.4 Å². The molecular weight excluding hydrogens is 388 g/mol. The van der Waals surface area contributed by atoms with E-state index in [0.717, 1.165) is 23.6 Å². The number of rotatable bonds is 5. The van der Waals surface area contributed by atoms with Crippen molar-refractivity contribution in [2.24, 2.45) is 0 Å². The van der Waals surface area contributed by atoms with Gasteiger partial charge in [0.2, 0.25) is 11.8 Å². The van der Waals surface area contributed by atoms with Gasteiger partial charge in [0.15, 0.2) is 0 Å². The number of amides is 3. The molecule has 148 valence electrons. The molecule has 2 aliphatic heterocycles. The van der Waals surface area contributed by atoms with E-state index < -0.39 is 0 Å². The molecule has 2 saturated heterocycles. The van der Waals surface area contributed by atoms with E-state index >= 15 is 0 Å². The zero-order valence-electron chi connectivity index (χ0n) is 15.0. The molecule has 0 radical (unpaired) electrons. The predicted octanol–water partition coefficient (Wildman–Crippen LogP) is 0.392. The largest absolute Gasteiger partial charge is 0.353 e. The van der Waals surface area contributed by atoms with Gasteiger partial charge in [-0.1, -0.05) is 12.1 Å². The fourth-order valence-electron chi connectivity index (χ4n) is 3.01. The van der Waals surface area contributed by atoms with Crippen LogP contribution >= 0.6 is 24.2 Å². The van der Waals surface area contributed by atoms with Crippen molar-refractivity contribution in [3.63, 3.8) is 0 Å². The molecule has 1 aromatic carbocycles. The van der Waals surface area contributed by atoms with Crippen molar-refractivity contribution in [2.75, 3.05) is 37.7 Å². The van der Waals surface area contributed by atoms with Crippen LogP contribution in [0.4, 0.5) is 0 Å². The average Bonchev–Trinajstić information content (AvgIpc) is 2.67. The third-order valence-electron chi connectivity index (χ3n) is 4.45. The molecule has 2 aliphatic rings. The summed E-state index contributed by atoms with van der Waals surface area (Å²) in [5, 5.41) is 8.98. The Balaban J connectivity index is 0.00000261. The van der Waals surface area contributed by atoms with E-state index in [1.165, 1.54) is 0 Å². The SMILES string of the molecule is Cl.O=C(CC1CSCCN1)NCc1ccc(C(=O)N2CCNC(=O)C2)cc1. The summed E-state index contributed by atoms with van der Waals surface area (Å²) in [4.78, 5) is 37.4. The van der Waals surface area contributed by atoms with Gasteiger partial charge in [0.25, 0.3) is 5.91 Å². The number of nitrogens with one attached hydrogen (secondary N) is 3. The third-order valence-corrected chi connectivity index (χ3v) is 5.58. The Morgan fingerprint density at radius 1 is 1.22 bits per heavy atom. The third kappa shape index (κ3) is 6.41. The first kappa shape index (κ1) is 21.5. The lowest BCUT2D eigenvalue weighted by Gasteiger charge is -2.26. The smallest absolute Gasteiger partial charge is 0.254 e. The number of nitrogens with zero attached hydrogens (tertiary/aromatic N) is 1. The number of hydrogen-bond donors (Lipinski definition) is 3. The zero-order chi connectivity index (χ0) is 18.4. The lowest BCUT2D eigenvalue weighted by molar-refractivity contribution is -0.123. The van der Waals surface area contributed by atoms with Gasteiger partial charge in [0, 0.05) is 55.7 Å². The van der Waals surface area contributed by atoms with Gasteiger partial charge in [-0.25, -0.2) is 0 Å². The normalized spacial score (nSPS) is 19.6. The first-order valence-electron chi connectivity index (χ1n) is 8.84. The quantitative estimate of drug-likeness (QED) is 0.651. The summed E-state index contributed by atoms with van der Waals surface area (Å²) in [7, 11) is 0. The summed E-state index contributed by atoms with van der Waals surface area (Å²) in [5.74, 6) is 1.83. The average molecular weight is 413 g/mol. The van der Waals surface area contributed by atoms with Gasteiger partial charge in [-0.3, -0.25) is 14.4 Å². The molecule has 0 saturated carbocycles. The second-order valence-corrected chi connectivity index (χ2v) is 7.63. The van der Waals surface area contributed by atoms with Gasteiger partial charge in [0.05, 0.1) is 6.54 Å². The second kappa shape index (κ2) is 10.5. The number of benzene rings is 1. The van der Waals surface area contributed by atoms with Crippen molar-refractivity contribution in [3.05, 3.63) is 35.4 Å². The molecule has 2 fully saturated rings. The lowest BCUT2D eigenvalue weighted by atomic mass is 10.1. The van der Waals surface area contributed by atoms with Crippen LogP contribution in [-0.2, 0) is 16.1 Å². The molecular formula is C18H25ClN4O3S. The molecule has 1 atom stereocenters. The molecule has 0 spiro atoms. The van der Waals surface area contributed by atoms with Crippen LogP contribution in [0.25, 0.3) is 0 Å². The van der Waals surface area contributed by atoms with E-state index in [1.807, 2.05) is 23.9 Å². The van der Waals surface area contributed by atoms with Gasteiger partial charge < -0.3 is 20.9 Å². The molecule has 0 aromatic heterocycles. The van der Waals surface area contributed by atoms with Crippen LogP contribution in [0.3, 0.4) is 0 Å². The number of piperazine rings is 1. The molecule has 3 N–H and O–H groups in total. The number of thioether (sulfide) groups is 1. The van der Waals surface area contributed by atoms with Crippen LogP contribution in [-0.4, -0.2) is 66.3 Å². The monoisotopic (exact) mass is 412 g/mol. The highest BCUT2D eigenvalue weighted by atomic mass is 35.5. The molecule has 27 heavy (non-hydrogen) atoms. The van der Waals surface area contributed by atoms with Crippen molar-refractivity contribution >= 4 is 41.9 Å². The topological polar surface area (TPSA) is 90.5 Å². The Hall–Kier alpha value is -1.77. The summed E-state index contributed by atoms with van der Waals surface area (Å²) in [6.45, 7) is 2.51. The molecule has 2 heterocycles. The summed E-state index contributed by atoms with van der Waals surface area (Å²) in [5.41, 5.74) is 1.50. The van der Waals surface area contributed by atoms with Crippen molar-refractivity contribution in [1.29, 1.82) is 0 Å². The molecule has 0 bridgehead atoms. The first-order valence-corrected chi connectivity index (χ1v) is 10.00. The molecule has 9 heteroatoms. The number of carbonyl (C=O) groups is 3. The Kier molecular flexibility index (Phi) is 8.40. The Morgan fingerprint density at radius 2 is 2.00 bits per heavy atom. The van der Waals surface area contributed by atoms with Crippen LogP contribution in [0, 0.1) is 0 Å². The minimum Gasteiger partial charge on any atom is -0.353 e. The fourth-order valence-corrected chi connectivity index (χ4v) is 3.96. The zero-order valence-corrected chi connectivity index (χ0v) is 16.7. The standard InChI is InChI=1S/C18H24N4O3S.ClH/c23-16(9-15-12-26-8-6-19-15)21-10-13-1-3-14(4-2-13)18(25)22-7-5-20-17(24)11-22;/h1-4,15,19H,5-12H2,(H,20,24)(H,21,23);1H. The Morgan fingerprint density at radius 3 is 2.67 bits per heavy atom. The Labute approximate surface area is 169 Å². The number of carbonyl (C=O) groups excluding carboxylic acids is 3. The molecule has 7 nitrogen and oxygen atoms in total. The minimum atomic E-state index is -0.142. The maximum absolute atomic E-state index is 12.4. The van der Waals surface area contributed by atoms with E-state index in [1.54, 1.807) is 17.0 Å². The van der Waals surface area contributed by atoms with Gasteiger partial charge in [-0.15, -0.1) is 12.4 Å². The van der Waals surface area contributed by atoms with E-state index in [0.29, 0.717) is 31.6 Å². The second-order valence-electron chi connectivity index (χ2n) is 6.48. The molecule has 3 rings (SSSR count). The molecule has 1 aromatic rings. The fraction of sp³-hybridized carbons (Fsp3) is 0.500. The van der Waals surface area contributed by atoms with Crippen LogP contribution in [0.1, 0.15) is 22.3 Å². The summed E-state index contributed by atoms with van der Waals surface area (Å²) in [6, 6.07) is 7.42. The van der Waals surface area contributed by atoms with Gasteiger partial charge in [0.1, 0.15) is 0 Å². The van der Waals surface area contributed by atoms with Crippen LogP contribution in [0.5, 0.6) is 0 Å². The van der Waals surface area contributed by atoms with E-state index in [2.05, 4.69) is 16.0 Å². The van der Waals surface area contributed by atoms with E-state index in [4.69, 9.17) is 0 Å². The lowest BCUT2D eigenvalue weighted by Crippen LogP contribution is -2.49. The summed E-state index contributed by atoms with van der Waals surface area (Å²) >= 11 is 1.87. The molecule has 1 unspecified atom stereocenters. The van der Waals surface area contributed by atoms with Gasteiger partial charge in [-0.05, 0) is 17.7 Å². The Bertz CT molecular complexity index is 665. The summed E-state index contributed by atoms with van der Waals surface area (Å²) in [6.07, 6.45) is 0.487. The highest BCUT2D eigenvalue weighted by Crippen LogP contribution is 2.11. The highest BCUT2D eigenvalue weighted by molar-refractivity contribution is 7.99. The molecule has 3 amide bonds. The first-order chi connectivity index (χ1) is 12.6.